The van der Waals surface area contributed by atoms with E-state index in [2.05, 4.69) is 37.2 Å². The molecule has 3 aromatic carbocycles. The third-order valence-corrected chi connectivity index (χ3v) is 7.17. The molecule has 3 rings (SSSR count). The van der Waals surface area contributed by atoms with Crippen molar-refractivity contribution in [3.63, 3.8) is 0 Å². The van der Waals surface area contributed by atoms with Gasteiger partial charge in [-0.25, -0.2) is 0 Å². The number of benzene rings is 3. The van der Waals surface area contributed by atoms with Crippen molar-refractivity contribution in [3.05, 3.63) is 90.8 Å². The summed E-state index contributed by atoms with van der Waals surface area (Å²) in [7, 11) is -4.07. The van der Waals surface area contributed by atoms with Gasteiger partial charge in [-0.2, -0.15) is 13.7 Å². The van der Waals surface area contributed by atoms with Crippen LogP contribution in [0.25, 0.3) is 6.08 Å². The van der Waals surface area contributed by atoms with E-state index in [1.807, 2.05) is 6.07 Å². The van der Waals surface area contributed by atoms with Crippen LogP contribution in [0.2, 0.25) is 10.0 Å². The molecule has 0 radical (unpaired) electrons. The second-order valence-corrected chi connectivity index (χ2v) is 10.5. The Balaban J connectivity index is 1.89. The lowest BCUT2D eigenvalue weighted by atomic mass is 10.1. The molecule has 0 aliphatic carbocycles. The number of amides is 1. The Kier molecular flexibility index (Phi) is 8.21. The molecule has 0 saturated heterocycles. The Hall–Kier alpha value is -2.35. The van der Waals surface area contributed by atoms with E-state index < -0.39 is 16.0 Å². The van der Waals surface area contributed by atoms with E-state index >= 15 is 0 Å². The monoisotopic (exact) mass is 628 g/mol. The van der Waals surface area contributed by atoms with Gasteiger partial charge in [-0.05, 0) is 79.9 Å². The summed E-state index contributed by atoms with van der Waals surface area (Å²) in [6.07, 6.45) is 1.32. The molecule has 33 heavy (non-hydrogen) atoms. The summed E-state index contributed by atoms with van der Waals surface area (Å²) in [5.41, 5.74) is 0.384. The summed E-state index contributed by atoms with van der Waals surface area (Å²) in [6.45, 7) is 0. The summed E-state index contributed by atoms with van der Waals surface area (Å²) < 4.78 is 30.9. The Bertz CT molecular complexity index is 1360. The maximum Gasteiger partial charge on any atom is 0.339 e. The zero-order valence-corrected chi connectivity index (χ0v) is 21.9. The van der Waals surface area contributed by atoms with Crippen molar-refractivity contribution in [2.24, 2.45) is 0 Å². The molecule has 1 amide bonds. The molecule has 0 aliphatic heterocycles. The number of carbonyl (C=O) groups is 1. The van der Waals surface area contributed by atoms with Gasteiger partial charge in [0.05, 0.1) is 24.7 Å². The van der Waals surface area contributed by atoms with Gasteiger partial charge in [0.25, 0.3) is 5.91 Å². The highest BCUT2D eigenvalue weighted by Crippen LogP contribution is 2.37. The van der Waals surface area contributed by atoms with E-state index in [4.69, 9.17) is 27.4 Å². The first-order chi connectivity index (χ1) is 15.6. The van der Waals surface area contributed by atoms with Crippen molar-refractivity contribution in [2.45, 2.75) is 4.90 Å². The van der Waals surface area contributed by atoms with E-state index in [9.17, 15) is 18.5 Å². The number of para-hydroxylation sites is 1. The van der Waals surface area contributed by atoms with Crippen LogP contribution in [0.15, 0.2) is 80.1 Å². The fourth-order valence-corrected chi connectivity index (χ4v) is 5.68. The zero-order valence-electron chi connectivity index (χ0n) is 16.4. The Labute approximate surface area is 217 Å². The normalized spacial score (nSPS) is 11.5. The third-order valence-electron chi connectivity index (χ3n) is 4.12. The Morgan fingerprint density at radius 3 is 2.12 bits per heavy atom. The van der Waals surface area contributed by atoms with E-state index in [1.54, 1.807) is 36.4 Å². The lowest BCUT2D eigenvalue weighted by Crippen LogP contribution is -2.14. The first-order valence-electron chi connectivity index (χ1n) is 8.98. The highest BCUT2D eigenvalue weighted by molar-refractivity contribution is 9.11. The molecule has 6 nitrogen and oxygen atoms in total. The van der Waals surface area contributed by atoms with Crippen LogP contribution in [-0.2, 0) is 14.9 Å². The molecule has 1 N–H and O–H groups in total. The largest absolute Gasteiger partial charge is 0.377 e. The van der Waals surface area contributed by atoms with E-state index in [1.165, 1.54) is 30.3 Å². The van der Waals surface area contributed by atoms with Crippen LogP contribution in [0.5, 0.6) is 5.75 Å². The van der Waals surface area contributed by atoms with Crippen molar-refractivity contribution in [1.29, 1.82) is 5.26 Å². The summed E-state index contributed by atoms with van der Waals surface area (Å²) in [4.78, 5) is 12.6. The minimum absolute atomic E-state index is 0.00514. The topological polar surface area (TPSA) is 96.3 Å². The minimum atomic E-state index is -4.07. The molecule has 0 atom stereocenters. The molecule has 168 valence electrons. The molecule has 3 aromatic rings. The molecule has 0 spiro atoms. The maximum atomic E-state index is 12.6. The maximum absolute atomic E-state index is 12.6. The van der Waals surface area contributed by atoms with Gasteiger partial charge in [-0.3, -0.25) is 4.79 Å². The molecular weight excluding hydrogens is 619 g/mol. The molecule has 0 saturated carbocycles. The number of carbonyl (C=O) groups excluding carboxylic acids is 1. The van der Waals surface area contributed by atoms with Gasteiger partial charge in [-0.1, -0.05) is 47.5 Å². The zero-order chi connectivity index (χ0) is 24.2. The van der Waals surface area contributed by atoms with Crippen LogP contribution in [0.3, 0.4) is 0 Å². The van der Waals surface area contributed by atoms with Gasteiger partial charge in [-0.15, -0.1) is 0 Å². The molecule has 0 fully saturated rings. The van der Waals surface area contributed by atoms with Crippen molar-refractivity contribution in [1.82, 2.24) is 0 Å². The molecule has 0 unspecified atom stereocenters. The smallest absolute Gasteiger partial charge is 0.339 e. The van der Waals surface area contributed by atoms with Gasteiger partial charge >= 0.3 is 10.1 Å². The fraction of sp³-hybridized carbons (Fsp3) is 0. The number of anilines is 1. The van der Waals surface area contributed by atoms with Crippen molar-refractivity contribution in [2.75, 3.05) is 5.32 Å². The lowest BCUT2D eigenvalue weighted by molar-refractivity contribution is -0.112. The molecule has 0 heterocycles. The van der Waals surface area contributed by atoms with E-state index in [0.29, 0.717) is 5.56 Å². The average Bonchev–Trinajstić information content (AvgIpc) is 2.77. The van der Waals surface area contributed by atoms with Gasteiger partial charge < -0.3 is 9.50 Å². The molecule has 0 bridgehead atoms. The summed E-state index contributed by atoms with van der Waals surface area (Å²) >= 11 is 18.7. The Morgan fingerprint density at radius 1 is 1.00 bits per heavy atom. The van der Waals surface area contributed by atoms with Crippen LogP contribution < -0.4 is 9.50 Å². The predicted molar refractivity (Wildman–Crippen MR) is 135 cm³/mol. The van der Waals surface area contributed by atoms with Crippen LogP contribution in [-0.4, -0.2) is 14.3 Å². The molecule has 0 aliphatic rings. The quantitative estimate of drug-likeness (QED) is 0.183. The molecular formula is C22H12Br2Cl2N2O4S. The summed E-state index contributed by atoms with van der Waals surface area (Å²) in [5, 5.41) is 12.4. The highest BCUT2D eigenvalue weighted by atomic mass is 79.9. The highest BCUT2D eigenvalue weighted by Gasteiger charge is 2.21. The fourth-order valence-electron chi connectivity index (χ4n) is 2.60. The van der Waals surface area contributed by atoms with Crippen LogP contribution in [0.4, 0.5) is 5.69 Å². The predicted octanol–water partition coefficient (Wildman–Crippen LogP) is 6.83. The summed E-state index contributed by atoms with van der Waals surface area (Å²) in [6, 6.07) is 17.2. The van der Waals surface area contributed by atoms with Crippen LogP contribution in [0.1, 0.15) is 5.56 Å². The second kappa shape index (κ2) is 10.7. The third kappa shape index (κ3) is 6.16. The van der Waals surface area contributed by atoms with Gasteiger partial charge in [0.1, 0.15) is 16.5 Å². The first kappa shape index (κ1) is 25.3. The molecule has 0 aromatic heterocycles. The van der Waals surface area contributed by atoms with Crippen molar-refractivity contribution < 1.29 is 17.4 Å². The minimum Gasteiger partial charge on any atom is -0.377 e. The number of hydrogen-bond donors (Lipinski definition) is 1. The standard InChI is InChI=1S/C22H12Br2Cl2N2O4S/c23-16-10-13(9-14(12-27)22(29)28-20-18(25)7-4-8-19(20)26)11-17(24)21(16)32-33(30,31)15-5-2-1-3-6-15/h1-11H,(H,28,29)/b14-9+. The van der Waals surface area contributed by atoms with Gasteiger partial charge in [0.2, 0.25) is 0 Å². The number of nitriles is 1. The number of halogens is 4. The van der Waals surface area contributed by atoms with Crippen LogP contribution >= 0.6 is 55.1 Å². The first-order valence-corrected chi connectivity index (χ1v) is 12.7. The second-order valence-electron chi connectivity index (χ2n) is 6.38. The van der Waals surface area contributed by atoms with Gasteiger partial charge in [0.15, 0.2) is 5.75 Å². The Morgan fingerprint density at radius 2 is 1.58 bits per heavy atom. The summed E-state index contributed by atoms with van der Waals surface area (Å²) in [5.74, 6) is -0.700. The number of nitrogens with one attached hydrogen (secondary N) is 1. The average molecular weight is 631 g/mol. The number of hydrogen-bond acceptors (Lipinski definition) is 5. The van der Waals surface area contributed by atoms with Crippen molar-refractivity contribution >= 4 is 82.9 Å². The number of nitrogens with zero attached hydrogens (tertiary/aromatic N) is 1. The molecule has 11 heteroatoms. The van der Waals surface area contributed by atoms with E-state index in [-0.39, 0.29) is 40.9 Å². The van der Waals surface area contributed by atoms with Crippen molar-refractivity contribution in [3.8, 4) is 11.8 Å². The van der Waals surface area contributed by atoms with Gasteiger partial charge in [0, 0.05) is 0 Å². The van der Waals surface area contributed by atoms with Crippen LogP contribution in [0, 0.1) is 11.3 Å². The van der Waals surface area contributed by atoms with E-state index in [0.717, 1.165) is 0 Å². The lowest BCUT2D eigenvalue weighted by Gasteiger charge is -2.12. The number of rotatable bonds is 6. The SMILES string of the molecule is N#C/C(=C\c1cc(Br)c(OS(=O)(=O)c2ccccc2)c(Br)c1)C(=O)Nc1c(Cl)cccc1Cl.